The van der Waals surface area contributed by atoms with Crippen molar-refractivity contribution >= 4 is 21.7 Å². The molecule has 0 radical (unpaired) electrons. The molecule has 1 aromatic carbocycles. The third-order valence-electron chi connectivity index (χ3n) is 1.92. The molecule has 0 aromatic heterocycles. The van der Waals surface area contributed by atoms with Crippen LogP contribution in [0.4, 0.5) is 5.69 Å². The predicted octanol–water partition coefficient (Wildman–Crippen LogP) is 1.26. The van der Waals surface area contributed by atoms with Crippen molar-refractivity contribution in [1.82, 2.24) is 0 Å². The maximum Gasteiger partial charge on any atom is 0.297 e. The molecule has 18 heavy (non-hydrogen) atoms. The maximum absolute atomic E-state index is 11.6. The van der Waals surface area contributed by atoms with E-state index in [1.807, 2.05) is 0 Å². The highest BCUT2D eigenvalue weighted by Crippen LogP contribution is 2.16. The average Bonchev–Trinajstić information content (AvgIpc) is 2.29. The van der Waals surface area contributed by atoms with E-state index in [-0.39, 0.29) is 23.8 Å². The maximum atomic E-state index is 11.6. The van der Waals surface area contributed by atoms with Gasteiger partial charge in [-0.2, -0.15) is 13.7 Å². The monoisotopic (exact) mass is 268 g/mol. The van der Waals surface area contributed by atoms with Crippen LogP contribution in [0.3, 0.4) is 0 Å². The van der Waals surface area contributed by atoms with Crippen LogP contribution in [0, 0.1) is 11.3 Å². The molecule has 0 aliphatic rings. The number of hydrogen-bond donors (Lipinski definition) is 1. The van der Waals surface area contributed by atoms with Crippen molar-refractivity contribution in [2.45, 2.75) is 18.2 Å². The van der Waals surface area contributed by atoms with Gasteiger partial charge in [0.15, 0.2) is 0 Å². The Bertz CT molecular complexity index is 558. The summed E-state index contributed by atoms with van der Waals surface area (Å²) >= 11 is 0. The third-order valence-corrected chi connectivity index (χ3v) is 3.24. The quantitative estimate of drug-likeness (QED) is 0.640. The minimum Gasteiger partial charge on any atom is -0.326 e. The summed E-state index contributed by atoms with van der Waals surface area (Å²) in [6, 6.07) is 7.36. The highest BCUT2D eigenvalue weighted by atomic mass is 32.2. The average molecular weight is 268 g/mol. The Morgan fingerprint density at radius 3 is 2.50 bits per heavy atom. The van der Waals surface area contributed by atoms with Gasteiger partial charge in [0.25, 0.3) is 10.1 Å². The zero-order valence-corrected chi connectivity index (χ0v) is 10.5. The molecule has 0 saturated heterocycles. The van der Waals surface area contributed by atoms with Crippen molar-refractivity contribution in [3.05, 3.63) is 24.3 Å². The second-order valence-electron chi connectivity index (χ2n) is 3.39. The van der Waals surface area contributed by atoms with E-state index >= 15 is 0 Å². The number of nitriles is 1. The Morgan fingerprint density at radius 1 is 1.39 bits per heavy atom. The summed E-state index contributed by atoms with van der Waals surface area (Å²) in [5.74, 6) is -0.240. The second-order valence-corrected chi connectivity index (χ2v) is 5.01. The minimum atomic E-state index is -3.84. The molecule has 0 atom stereocenters. The summed E-state index contributed by atoms with van der Waals surface area (Å²) in [7, 11) is -3.84. The van der Waals surface area contributed by atoms with Crippen LogP contribution in [-0.4, -0.2) is 20.9 Å². The fourth-order valence-electron chi connectivity index (χ4n) is 1.17. The summed E-state index contributed by atoms with van der Waals surface area (Å²) < 4.78 is 27.9. The van der Waals surface area contributed by atoms with E-state index in [0.717, 1.165) is 0 Å². The molecule has 1 rings (SSSR count). The van der Waals surface area contributed by atoms with Crippen LogP contribution in [0.2, 0.25) is 0 Å². The lowest BCUT2D eigenvalue weighted by Crippen LogP contribution is -2.08. The van der Waals surface area contributed by atoms with Gasteiger partial charge in [0.05, 0.1) is 24.0 Å². The Hall–Kier alpha value is -1.91. The molecule has 1 aromatic rings. The lowest BCUT2D eigenvalue weighted by atomic mass is 10.3. The van der Waals surface area contributed by atoms with Crippen molar-refractivity contribution in [3.63, 3.8) is 0 Å². The van der Waals surface area contributed by atoms with Crippen molar-refractivity contribution in [2.75, 3.05) is 11.9 Å². The lowest BCUT2D eigenvalue weighted by molar-refractivity contribution is -0.114. The van der Waals surface area contributed by atoms with Gasteiger partial charge in [0.2, 0.25) is 5.91 Å². The molecule has 96 valence electrons. The van der Waals surface area contributed by atoms with E-state index in [1.165, 1.54) is 31.2 Å². The number of nitrogens with zero attached hydrogens (tertiary/aromatic N) is 1. The van der Waals surface area contributed by atoms with Crippen molar-refractivity contribution in [1.29, 1.82) is 5.26 Å². The Balaban J connectivity index is 2.78. The predicted molar refractivity (Wildman–Crippen MR) is 64.1 cm³/mol. The molecule has 0 saturated carbocycles. The molecule has 0 heterocycles. The summed E-state index contributed by atoms with van der Waals surface area (Å²) in [6.45, 7) is 1.18. The van der Waals surface area contributed by atoms with E-state index in [0.29, 0.717) is 5.69 Å². The van der Waals surface area contributed by atoms with E-state index in [4.69, 9.17) is 5.26 Å². The summed E-state index contributed by atoms with van der Waals surface area (Å²) in [5.41, 5.74) is 0.499. The van der Waals surface area contributed by atoms with E-state index in [9.17, 15) is 13.2 Å². The molecule has 7 heteroatoms. The standard InChI is InChI=1S/C11H12N2O4S/c1-9(14)13-10-3-5-11(6-4-10)18(15,16)17-8-2-7-12/h3-6H,2,8H2,1H3,(H,13,14). The first kappa shape index (κ1) is 14.2. The molecular weight excluding hydrogens is 256 g/mol. The molecule has 0 aliphatic heterocycles. The van der Waals surface area contributed by atoms with Gasteiger partial charge in [-0.15, -0.1) is 0 Å². The molecule has 0 fully saturated rings. The summed E-state index contributed by atoms with van der Waals surface area (Å²) in [6.07, 6.45) is 0.00318. The number of hydrogen-bond acceptors (Lipinski definition) is 5. The van der Waals surface area contributed by atoms with Crippen LogP contribution in [0.1, 0.15) is 13.3 Å². The third kappa shape index (κ3) is 4.16. The van der Waals surface area contributed by atoms with Crippen LogP contribution in [-0.2, 0) is 19.1 Å². The van der Waals surface area contributed by atoms with Gasteiger partial charge in [-0.1, -0.05) is 0 Å². The fourth-order valence-corrected chi connectivity index (χ4v) is 2.08. The molecule has 0 bridgehead atoms. The van der Waals surface area contributed by atoms with Gasteiger partial charge in [-0.05, 0) is 24.3 Å². The lowest BCUT2D eigenvalue weighted by Gasteiger charge is -2.05. The number of benzene rings is 1. The second kappa shape index (κ2) is 6.14. The van der Waals surface area contributed by atoms with Gasteiger partial charge < -0.3 is 5.32 Å². The van der Waals surface area contributed by atoms with Gasteiger partial charge in [0.1, 0.15) is 0 Å². The van der Waals surface area contributed by atoms with Crippen molar-refractivity contribution in [3.8, 4) is 6.07 Å². The first-order valence-electron chi connectivity index (χ1n) is 5.10. The zero-order valence-electron chi connectivity index (χ0n) is 9.71. The van der Waals surface area contributed by atoms with Crippen LogP contribution in [0.15, 0.2) is 29.2 Å². The van der Waals surface area contributed by atoms with Crippen molar-refractivity contribution in [2.24, 2.45) is 0 Å². The molecular formula is C11H12N2O4S. The number of carbonyl (C=O) groups is 1. The number of anilines is 1. The molecule has 6 nitrogen and oxygen atoms in total. The Morgan fingerprint density at radius 2 is 2.00 bits per heavy atom. The van der Waals surface area contributed by atoms with Crippen LogP contribution < -0.4 is 5.32 Å². The van der Waals surface area contributed by atoms with E-state index < -0.39 is 10.1 Å². The molecule has 0 unspecified atom stereocenters. The Kier molecular flexibility index (Phi) is 4.83. The first-order chi connectivity index (χ1) is 8.45. The smallest absolute Gasteiger partial charge is 0.297 e. The topological polar surface area (TPSA) is 96.3 Å². The molecule has 0 spiro atoms. The first-order valence-corrected chi connectivity index (χ1v) is 6.50. The van der Waals surface area contributed by atoms with E-state index in [1.54, 1.807) is 6.07 Å². The number of amides is 1. The Labute approximate surface area is 105 Å². The highest BCUT2D eigenvalue weighted by molar-refractivity contribution is 7.86. The number of nitrogens with one attached hydrogen (secondary N) is 1. The highest BCUT2D eigenvalue weighted by Gasteiger charge is 2.14. The van der Waals surface area contributed by atoms with Gasteiger partial charge in [-0.25, -0.2) is 0 Å². The van der Waals surface area contributed by atoms with Crippen LogP contribution in [0.25, 0.3) is 0 Å². The zero-order chi connectivity index (χ0) is 13.6. The summed E-state index contributed by atoms with van der Waals surface area (Å²) in [5, 5.41) is 10.8. The van der Waals surface area contributed by atoms with Crippen LogP contribution in [0.5, 0.6) is 0 Å². The van der Waals surface area contributed by atoms with Crippen molar-refractivity contribution < 1.29 is 17.4 Å². The fraction of sp³-hybridized carbons (Fsp3) is 0.273. The number of rotatable bonds is 5. The van der Waals surface area contributed by atoms with Gasteiger partial charge in [-0.3, -0.25) is 8.98 Å². The normalized spacial score (nSPS) is 10.7. The molecule has 1 N–H and O–H groups in total. The van der Waals surface area contributed by atoms with Gasteiger partial charge >= 0.3 is 0 Å². The van der Waals surface area contributed by atoms with E-state index in [2.05, 4.69) is 9.50 Å². The molecule has 1 amide bonds. The van der Waals surface area contributed by atoms with Gasteiger partial charge in [0, 0.05) is 12.6 Å². The largest absolute Gasteiger partial charge is 0.326 e. The minimum absolute atomic E-state index is 0.00318. The summed E-state index contributed by atoms with van der Waals surface area (Å²) in [4.78, 5) is 10.8. The molecule has 0 aliphatic carbocycles. The van der Waals surface area contributed by atoms with Crippen LogP contribution >= 0.6 is 0 Å². The SMILES string of the molecule is CC(=O)Nc1ccc(S(=O)(=O)OCCC#N)cc1. The number of carbonyl (C=O) groups excluding carboxylic acids is 1.